The summed E-state index contributed by atoms with van der Waals surface area (Å²) in [5.74, 6) is 2.00. The van der Waals surface area contributed by atoms with Crippen molar-refractivity contribution in [3.05, 3.63) is 36.2 Å². The molecule has 4 nitrogen and oxygen atoms in total. The van der Waals surface area contributed by atoms with E-state index in [1.165, 1.54) is 30.7 Å². The molecule has 4 aliphatic rings. The second kappa shape index (κ2) is 6.22. The number of aromatic amines is 1. The molecule has 7 rings (SSSR count). The fraction of sp³-hybridized carbons (Fsp3) is 0.476. The molecule has 3 aliphatic heterocycles. The summed E-state index contributed by atoms with van der Waals surface area (Å²) in [6, 6.07) is 6.44. The van der Waals surface area contributed by atoms with Gasteiger partial charge in [0.25, 0.3) is 5.19 Å². The Labute approximate surface area is 169 Å². The molecule has 29 heavy (non-hydrogen) atoms. The molecule has 2 atom stereocenters. The monoisotopic (exact) mass is 419 g/mol. The molecular formula is C21H20F3N3OS. The summed E-state index contributed by atoms with van der Waals surface area (Å²) in [5, 5.41) is 1.21. The van der Waals surface area contributed by atoms with E-state index in [4.69, 9.17) is 4.74 Å². The number of hydrogen-bond donors (Lipinski definition) is 1. The number of ether oxygens (including phenoxy) is 1. The molecule has 1 aliphatic carbocycles. The number of thiazole rings is 1. The Morgan fingerprint density at radius 3 is 2.62 bits per heavy atom. The topological polar surface area (TPSA) is 41.1 Å². The van der Waals surface area contributed by atoms with Gasteiger partial charge in [0.1, 0.15) is 11.8 Å². The highest BCUT2D eigenvalue weighted by Crippen LogP contribution is 2.45. The van der Waals surface area contributed by atoms with Crippen LogP contribution in [0.1, 0.15) is 18.5 Å². The Kier molecular flexibility index (Phi) is 3.81. The molecular weight excluding hydrogens is 399 g/mol. The third-order valence-corrected chi connectivity index (χ3v) is 7.57. The summed E-state index contributed by atoms with van der Waals surface area (Å²) in [7, 11) is 0. The van der Waals surface area contributed by atoms with Crippen LogP contribution in [-0.2, 0) is 6.18 Å². The molecule has 1 N–H and O–H groups in total. The first-order valence-electron chi connectivity index (χ1n) is 9.97. The van der Waals surface area contributed by atoms with E-state index < -0.39 is 11.9 Å². The van der Waals surface area contributed by atoms with Crippen molar-refractivity contribution in [1.29, 1.82) is 0 Å². The summed E-state index contributed by atoms with van der Waals surface area (Å²) >= 11 is 1.47. The van der Waals surface area contributed by atoms with Crippen molar-refractivity contribution in [3.8, 4) is 15.6 Å². The van der Waals surface area contributed by atoms with Gasteiger partial charge in [-0.25, -0.2) is 4.98 Å². The molecule has 0 spiro atoms. The van der Waals surface area contributed by atoms with Crippen LogP contribution in [0, 0.1) is 17.8 Å². The molecule has 2 aromatic heterocycles. The number of H-pyrrole nitrogens is 1. The lowest BCUT2D eigenvalue weighted by Crippen LogP contribution is -2.61. The third kappa shape index (κ3) is 3.04. The standard InChI is InChI=1S/C21H20F3N3OS/c22-21(23,24)18-6-13-5-12(1-2-16(13)26-18)17-7-25-20(29-17)28-19-14-3-11-4-15(19)10-27(8-11)9-14/h1-2,5-7,11,14-15,19,26H,3-4,8-10H2. The summed E-state index contributed by atoms with van der Waals surface area (Å²) < 4.78 is 45.2. The molecule has 1 saturated carbocycles. The molecule has 0 radical (unpaired) electrons. The summed E-state index contributed by atoms with van der Waals surface area (Å²) in [6.45, 7) is 3.50. The van der Waals surface area contributed by atoms with E-state index >= 15 is 0 Å². The van der Waals surface area contributed by atoms with Crippen LogP contribution in [0.4, 0.5) is 13.2 Å². The average molecular weight is 419 g/mol. The first-order chi connectivity index (χ1) is 13.9. The van der Waals surface area contributed by atoms with E-state index in [1.54, 1.807) is 18.3 Å². The van der Waals surface area contributed by atoms with Crippen LogP contribution in [0.3, 0.4) is 0 Å². The van der Waals surface area contributed by atoms with Crippen LogP contribution in [-0.4, -0.2) is 40.6 Å². The van der Waals surface area contributed by atoms with Crippen LogP contribution in [0.25, 0.3) is 21.3 Å². The van der Waals surface area contributed by atoms with Gasteiger partial charge in [-0.1, -0.05) is 17.4 Å². The van der Waals surface area contributed by atoms with Crippen molar-refractivity contribution in [2.45, 2.75) is 25.1 Å². The Morgan fingerprint density at radius 1 is 1.10 bits per heavy atom. The molecule has 152 valence electrons. The van der Waals surface area contributed by atoms with E-state index in [9.17, 15) is 13.2 Å². The van der Waals surface area contributed by atoms with Gasteiger partial charge in [0, 0.05) is 48.6 Å². The lowest BCUT2D eigenvalue weighted by molar-refractivity contribution is -0.140. The first kappa shape index (κ1) is 17.8. The molecule has 4 fully saturated rings. The van der Waals surface area contributed by atoms with Crippen LogP contribution in [0.2, 0.25) is 0 Å². The minimum absolute atomic E-state index is 0.239. The molecule has 3 aromatic rings. The maximum Gasteiger partial charge on any atom is 0.431 e. The van der Waals surface area contributed by atoms with E-state index in [1.807, 2.05) is 6.07 Å². The number of rotatable bonds is 3. The van der Waals surface area contributed by atoms with Crippen LogP contribution >= 0.6 is 11.3 Å². The van der Waals surface area contributed by atoms with Gasteiger partial charge in [0.15, 0.2) is 0 Å². The Bertz CT molecular complexity index is 1040. The van der Waals surface area contributed by atoms with E-state index in [-0.39, 0.29) is 6.10 Å². The number of halogens is 3. The van der Waals surface area contributed by atoms with Crippen molar-refractivity contribution in [2.24, 2.45) is 17.8 Å². The maximum atomic E-state index is 12.9. The second-order valence-corrected chi connectivity index (χ2v) is 9.63. The number of piperidine rings is 3. The minimum atomic E-state index is -4.38. The molecule has 5 heterocycles. The van der Waals surface area contributed by atoms with Gasteiger partial charge in [-0.05, 0) is 42.5 Å². The Balaban J connectivity index is 1.24. The number of nitrogens with one attached hydrogen (secondary N) is 1. The number of aromatic nitrogens is 2. The SMILES string of the molecule is FC(F)(F)c1cc2cc(-c3cnc(OC4C5CC6CC4CN(C6)C5)s3)ccc2[nH]1. The fourth-order valence-corrected chi connectivity index (χ4v) is 6.36. The number of alkyl halides is 3. The second-order valence-electron chi connectivity index (χ2n) is 8.63. The zero-order valence-corrected chi connectivity index (χ0v) is 16.4. The van der Waals surface area contributed by atoms with Gasteiger partial charge < -0.3 is 14.6 Å². The third-order valence-electron chi connectivity index (χ3n) is 6.64. The summed E-state index contributed by atoms with van der Waals surface area (Å²) in [4.78, 5) is 10.4. The predicted molar refractivity (Wildman–Crippen MR) is 105 cm³/mol. The quantitative estimate of drug-likeness (QED) is 0.648. The molecule has 2 unspecified atom stereocenters. The van der Waals surface area contributed by atoms with E-state index in [0.717, 1.165) is 35.5 Å². The van der Waals surface area contributed by atoms with Crippen LogP contribution < -0.4 is 4.74 Å². The van der Waals surface area contributed by atoms with Gasteiger partial charge in [0.05, 0.1) is 4.88 Å². The summed E-state index contributed by atoms with van der Waals surface area (Å²) in [6.07, 6.45) is 0.129. The number of benzene rings is 1. The van der Waals surface area contributed by atoms with Crippen molar-refractivity contribution >= 4 is 22.2 Å². The number of nitrogens with zero attached hydrogens (tertiary/aromatic N) is 2. The largest absolute Gasteiger partial charge is 0.466 e. The molecule has 3 saturated heterocycles. The zero-order chi connectivity index (χ0) is 19.8. The molecule has 1 aromatic carbocycles. The highest BCUT2D eigenvalue weighted by atomic mass is 32.1. The number of hydrogen-bond acceptors (Lipinski definition) is 4. The van der Waals surface area contributed by atoms with Crippen LogP contribution in [0.15, 0.2) is 30.5 Å². The summed E-state index contributed by atoms with van der Waals surface area (Å²) in [5.41, 5.74) is 0.607. The predicted octanol–water partition coefficient (Wildman–Crippen LogP) is 5.03. The molecule has 0 amide bonds. The fourth-order valence-electron chi connectivity index (χ4n) is 5.56. The Hall–Kier alpha value is -2.06. The molecule has 4 bridgehead atoms. The maximum absolute atomic E-state index is 12.9. The van der Waals surface area contributed by atoms with Crippen LogP contribution in [0.5, 0.6) is 5.19 Å². The van der Waals surface area contributed by atoms with Gasteiger partial charge in [-0.2, -0.15) is 13.2 Å². The van der Waals surface area contributed by atoms with E-state index in [0.29, 0.717) is 27.9 Å². The minimum Gasteiger partial charge on any atom is -0.466 e. The van der Waals surface area contributed by atoms with Gasteiger partial charge in [-0.3, -0.25) is 0 Å². The average Bonchev–Trinajstić information content (AvgIpc) is 3.30. The van der Waals surface area contributed by atoms with Gasteiger partial charge >= 0.3 is 6.18 Å². The van der Waals surface area contributed by atoms with Crippen molar-refractivity contribution in [1.82, 2.24) is 14.9 Å². The Morgan fingerprint density at radius 2 is 1.90 bits per heavy atom. The molecule has 8 heteroatoms. The van der Waals surface area contributed by atoms with Crippen molar-refractivity contribution in [3.63, 3.8) is 0 Å². The lowest BCUT2D eigenvalue weighted by atomic mass is 9.66. The van der Waals surface area contributed by atoms with Crippen molar-refractivity contribution < 1.29 is 17.9 Å². The van der Waals surface area contributed by atoms with E-state index in [2.05, 4.69) is 14.9 Å². The lowest BCUT2D eigenvalue weighted by Gasteiger charge is -2.55. The van der Waals surface area contributed by atoms with Crippen molar-refractivity contribution in [2.75, 3.05) is 19.6 Å². The highest BCUT2D eigenvalue weighted by molar-refractivity contribution is 7.16. The van der Waals surface area contributed by atoms with Gasteiger partial charge in [-0.15, -0.1) is 0 Å². The normalized spacial score (nSPS) is 30.9. The first-order valence-corrected chi connectivity index (χ1v) is 10.8. The smallest absolute Gasteiger partial charge is 0.431 e. The van der Waals surface area contributed by atoms with Gasteiger partial charge in [0.2, 0.25) is 0 Å². The number of fused-ring (bicyclic) bond motifs is 1. The highest BCUT2D eigenvalue weighted by Gasteiger charge is 2.49. The zero-order valence-electron chi connectivity index (χ0n) is 15.6.